The molecule has 1 aliphatic heterocycles. The van der Waals surface area contributed by atoms with E-state index in [1.807, 2.05) is 48.0 Å². The fraction of sp³-hybridized carbons (Fsp3) is 0.280. The highest BCUT2D eigenvalue weighted by Gasteiger charge is 2.37. The predicted molar refractivity (Wildman–Crippen MR) is 121 cm³/mol. The summed E-state index contributed by atoms with van der Waals surface area (Å²) < 4.78 is 1.83. The van der Waals surface area contributed by atoms with E-state index in [-0.39, 0.29) is 30.0 Å². The van der Waals surface area contributed by atoms with Crippen LogP contribution in [0.4, 0.5) is 0 Å². The van der Waals surface area contributed by atoms with Crippen molar-refractivity contribution >= 4 is 5.91 Å². The van der Waals surface area contributed by atoms with Crippen LogP contribution in [0.25, 0.3) is 0 Å². The molecule has 4 rings (SSSR count). The van der Waals surface area contributed by atoms with Crippen molar-refractivity contribution in [1.29, 1.82) is 0 Å². The number of benzene rings is 2. The quantitative estimate of drug-likeness (QED) is 0.670. The van der Waals surface area contributed by atoms with Gasteiger partial charge < -0.3 is 10.0 Å². The lowest BCUT2D eigenvalue weighted by atomic mass is 9.97. The van der Waals surface area contributed by atoms with E-state index in [1.54, 1.807) is 18.0 Å². The number of rotatable bonds is 6. The van der Waals surface area contributed by atoms with Crippen LogP contribution in [0, 0.1) is 6.92 Å². The summed E-state index contributed by atoms with van der Waals surface area (Å²) in [6.45, 7) is 3.96. The number of aromatic nitrogens is 1. The Kier molecular flexibility index (Phi) is 5.91. The number of aliphatic hydroxyl groups is 1. The largest absolute Gasteiger partial charge is 0.396 e. The topological polar surface area (TPSA) is 65.8 Å². The molecule has 3 aromatic rings. The van der Waals surface area contributed by atoms with Gasteiger partial charge in [0.2, 0.25) is 0 Å². The minimum Gasteiger partial charge on any atom is -0.396 e. The lowest BCUT2D eigenvalue weighted by Gasteiger charge is -2.46. The molecule has 1 unspecified atom stereocenters. The lowest BCUT2D eigenvalue weighted by molar-refractivity contribution is 0.0581. The Morgan fingerprint density at radius 3 is 2.06 bits per heavy atom. The molecule has 6 nitrogen and oxygen atoms in total. The van der Waals surface area contributed by atoms with E-state index in [9.17, 15) is 14.7 Å². The number of amides is 1. The van der Waals surface area contributed by atoms with Gasteiger partial charge in [0.1, 0.15) is 12.4 Å². The molecular weight excluding hydrogens is 390 g/mol. The van der Waals surface area contributed by atoms with E-state index in [0.29, 0.717) is 24.3 Å². The maximum absolute atomic E-state index is 13.4. The van der Waals surface area contributed by atoms with Crippen molar-refractivity contribution in [2.45, 2.75) is 32.4 Å². The first kappa shape index (κ1) is 20.9. The van der Waals surface area contributed by atoms with Gasteiger partial charge in [-0.25, -0.2) is 0 Å². The number of hydrogen-bond donors (Lipinski definition) is 1. The highest BCUT2D eigenvalue weighted by Crippen LogP contribution is 2.31. The Morgan fingerprint density at radius 1 is 0.935 bits per heavy atom. The summed E-state index contributed by atoms with van der Waals surface area (Å²) in [4.78, 5) is 27.6. The Bertz CT molecular complexity index is 1070. The fourth-order valence-corrected chi connectivity index (χ4v) is 4.22. The third-order valence-corrected chi connectivity index (χ3v) is 5.97. The highest BCUT2D eigenvalue weighted by molar-refractivity contribution is 5.95. The molecule has 31 heavy (non-hydrogen) atoms. The normalized spacial score (nSPS) is 14.6. The zero-order valence-corrected chi connectivity index (χ0v) is 17.8. The summed E-state index contributed by atoms with van der Waals surface area (Å²) in [6, 6.07) is 21.5. The average molecular weight is 418 g/mol. The third-order valence-electron chi connectivity index (χ3n) is 5.97. The van der Waals surface area contributed by atoms with Gasteiger partial charge in [-0.3, -0.25) is 19.3 Å². The van der Waals surface area contributed by atoms with Crippen molar-refractivity contribution < 1.29 is 9.90 Å². The summed E-state index contributed by atoms with van der Waals surface area (Å²) in [5.74, 6) is -0.188. The Labute approximate surface area is 181 Å². The van der Waals surface area contributed by atoms with Crippen molar-refractivity contribution in [1.82, 2.24) is 9.58 Å². The van der Waals surface area contributed by atoms with Gasteiger partial charge in [-0.15, -0.1) is 0 Å². The molecule has 1 atom stereocenters. The van der Waals surface area contributed by atoms with Crippen LogP contribution in [0.2, 0.25) is 0 Å². The first-order valence-corrected chi connectivity index (χ1v) is 10.5. The van der Waals surface area contributed by atoms with Gasteiger partial charge in [0.15, 0.2) is 5.43 Å². The van der Waals surface area contributed by atoms with E-state index in [0.717, 1.165) is 11.1 Å². The summed E-state index contributed by atoms with van der Waals surface area (Å²) in [7, 11) is 0. The number of carbonyl (C=O) groups excluding carboxylic acids is 1. The number of aliphatic hydroxyl groups excluding tert-OH is 1. The highest BCUT2D eigenvalue weighted by atomic mass is 16.3. The number of pyridine rings is 1. The Balaban J connectivity index is 1.92. The number of fused-ring (bicyclic) bond motifs is 1. The molecule has 1 amide bonds. The molecule has 0 saturated heterocycles. The average Bonchev–Trinajstić information content (AvgIpc) is 2.79. The van der Waals surface area contributed by atoms with E-state index < -0.39 is 0 Å². The smallest absolute Gasteiger partial charge is 0.274 e. The second-order valence-electron chi connectivity index (χ2n) is 7.94. The van der Waals surface area contributed by atoms with Gasteiger partial charge in [-0.2, -0.15) is 0 Å². The first-order valence-electron chi connectivity index (χ1n) is 10.5. The fourth-order valence-electron chi connectivity index (χ4n) is 4.22. The minimum atomic E-state index is -0.188. The molecule has 1 aromatic heterocycles. The van der Waals surface area contributed by atoms with Crippen molar-refractivity contribution in [2.24, 2.45) is 0 Å². The predicted octanol–water partition coefficient (Wildman–Crippen LogP) is 3.07. The molecule has 0 saturated carbocycles. The van der Waals surface area contributed by atoms with E-state index in [2.05, 4.69) is 29.3 Å². The molecule has 6 heteroatoms. The van der Waals surface area contributed by atoms with Gasteiger partial charge in [0.05, 0.1) is 6.04 Å². The maximum Gasteiger partial charge on any atom is 0.274 e. The van der Waals surface area contributed by atoms with Gasteiger partial charge in [0.25, 0.3) is 5.91 Å². The monoisotopic (exact) mass is 417 g/mol. The molecule has 1 aliphatic rings. The van der Waals surface area contributed by atoms with Crippen LogP contribution < -0.4 is 10.4 Å². The second kappa shape index (κ2) is 8.78. The van der Waals surface area contributed by atoms with Crippen molar-refractivity contribution in [3.05, 3.63) is 106 Å². The van der Waals surface area contributed by atoms with Crippen LogP contribution in [0.3, 0.4) is 0 Å². The van der Waals surface area contributed by atoms with E-state index in [1.165, 1.54) is 6.07 Å². The van der Waals surface area contributed by atoms with Gasteiger partial charge in [-0.05, 0) is 31.4 Å². The van der Waals surface area contributed by atoms with Crippen LogP contribution >= 0.6 is 0 Å². The Morgan fingerprint density at radius 2 is 1.52 bits per heavy atom. The van der Waals surface area contributed by atoms with Crippen LogP contribution in [0.1, 0.15) is 46.6 Å². The first-order chi connectivity index (χ1) is 15.0. The molecule has 0 aliphatic carbocycles. The second-order valence-corrected chi connectivity index (χ2v) is 7.94. The standard InChI is InChI=1S/C25H27N3O3/c1-18(14-16-29)26-17-28(27-15-13-22(30)19(2)23(27)25(26)31)24(20-9-5-3-6-10-20)21-11-7-4-8-12-21/h3-13,15,18,24,29H,14,16-17H2,1-2H3. The van der Waals surface area contributed by atoms with Gasteiger partial charge >= 0.3 is 0 Å². The maximum atomic E-state index is 13.4. The molecule has 160 valence electrons. The molecule has 0 radical (unpaired) electrons. The molecular formula is C25H27N3O3. The zero-order valence-electron chi connectivity index (χ0n) is 17.8. The molecule has 0 fully saturated rings. The SMILES string of the molecule is Cc1c2n(ccc1=O)N(C(c1ccccc1)c1ccccc1)CN(C(C)CCO)C2=O. The Hall–Kier alpha value is -3.38. The minimum absolute atomic E-state index is 0.00762. The molecule has 0 bridgehead atoms. The van der Waals surface area contributed by atoms with Gasteiger partial charge in [-0.1, -0.05) is 60.7 Å². The van der Waals surface area contributed by atoms with Crippen molar-refractivity contribution in [2.75, 3.05) is 18.3 Å². The number of carbonyl (C=O) groups is 1. The van der Waals surface area contributed by atoms with Crippen molar-refractivity contribution in [3.8, 4) is 0 Å². The van der Waals surface area contributed by atoms with E-state index in [4.69, 9.17) is 0 Å². The summed E-state index contributed by atoms with van der Waals surface area (Å²) in [5.41, 5.74) is 2.81. The third kappa shape index (κ3) is 3.86. The van der Waals surface area contributed by atoms with Crippen LogP contribution in [0.5, 0.6) is 0 Å². The molecule has 2 aromatic carbocycles. The molecule has 0 spiro atoms. The number of nitrogens with zero attached hydrogens (tertiary/aromatic N) is 3. The van der Waals surface area contributed by atoms with Crippen LogP contribution in [-0.4, -0.2) is 39.9 Å². The summed E-state index contributed by atoms with van der Waals surface area (Å²) in [5, 5.41) is 11.6. The van der Waals surface area contributed by atoms with Crippen LogP contribution in [0.15, 0.2) is 77.7 Å². The van der Waals surface area contributed by atoms with Gasteiger partial charge in [0, 0.05) is 30.5 Å². The number of hydrogen-bond acceptors (Lipinski definition) is 4. The van der Waals surface area contributed by atoms with Crippen LogP contribution in [-0.2, 0) is 0 Å². The lowest BCUT2D eigenvalue weighted by Crippen LogP contribution is -2.58. The summed E-state index contributed by atoms with van der Waals surface area (Å²) in [6.07, 6.45) is 2.16. The molecule has 2 heterocycles. The van der Waals surface area contributed by atoms with Crippen molar-refractivity contribution in [3.63, 3.8) is 0 Å². The molecule has 1 N–H and O–H groups in total. The zero-order chi connectivity index (χ0) is 22.0. The van der Waals surface area contributed by atoms with E-state index >= 15 is 0 Å². The summed E-state index contributed by atoms with van der Waals surface area (Å²) >= 11 is 0.